The highest BCUT2D eigenvalue weighted by atomic mass is 16.5. The molecule has 2 rings (SSSR count). The Balaban J connectivity index is 2.11. The molecule has 1 aromatic rings. The minimum atomic E-state index is 0.614. The fraction of sp³-hybridized carbons (Fsp3) is 0.667. The van der Waals surface area contributed by atoms with Crippen LogP contribution in [0.2, 0.25) is 0 Å². The molecule has 1 saturated heterocycles. The van der Waals surface area contributed by atoms with Gasteiger partial charge in [-0.05, 0) is 24.8 Å². The van der Waals surface area contributed by atoms with Gasteiger partial charge in [0.15, 0.2) is 0 Å². The van der Waals surface area contributed by atoms with Crippen LogP contribution in [0.1, 0.15) is 39.2 Å². The van der Waals surface area contributed by atoms with Crippen LogP contribution in [0.3, 0.4) is 0 Å². The smallest absolute Gasteiger partial charge is 0.123 e. The maximum Gasteiger partial charge on any atom is 0.123 e. The van der Waals surface area contributed by atoms with E-state index in [2.05, 4.69) is 49.2 Å². The number of methoxy groups -OCH3 is 1. The molecule has 1 aliphatic rings. The van der Waals surface area contributed by atoms with Crippen LogP contribution in [0.15, 0.2) is 24.3 Å². The molecule has 0 bridgehead atoms. The molecule has 0 radical (unpaired) electrons. The number of nitrogens with one attached hydrogen (secondary N) is 1. The molecule has 2 atom stereocenters. The molecule has 3 heteroatoms. The summed E-state index contributed by atoms with van der Waals surface area (Å²) >= 11 is 0. The minimum absolute atomic E-state index is 0.614. The zero-order valence-corrected chi connectivity index (χ0v) is 13.9. The Morgan fingerprint density at radius 2 is 2.10 bits per heavy atom. The summed E-state index contributed by atoms with van der Waals surface area (Å²) in [5.41, 5.74) is 1.30. The first-order valence-electron chi connectivity index (χ1n) is 8.23. The number of para-hydroxylation sites is 1. The van der Waals surface area contributed by atoms with Crippen LogP contribution < -0.4 is 10.1 Å². The molecule has 0 saturated carbocycles. The van der Waals surface area contributed by atoms with E-state index in [1.54, 1.807) is 7.11 Å². The van der Waals surface area contributed by atoms with Gasteiger partial charge >= 0.3 is 0 Å². The first kappa shape index (κ1) is 16.3. The Morgan fingerprint density at radius 1 is 1.33 bits per heavy atom. The van der Waals surface area contributed by atoms with Crippen molar-refractivity contribution < 1.29 is 4.74 Å². The van der Waals surface area contributed by atoms with E-state index in [0.717, 1.165) is 31.3 Å². The van der Waals surface area contributed by atoms with Crippen LogP contribution >= 0.6 is 0 Å². The molecule has 1 heterocycles. The third kappa shape index (κ3) is 4.45. The van der Waals surface area contributed by atoms with Gasteiger partial charge in [0, 0.05) is 37.3 Å². The molecule has 0 amide bonds. The van der Waals surface area contributed by atoms with Gasteiger partial charge < -0.3 is 10.1 Å². The second-order valence-corrected chi connectivity index (χ2v) is 6.54. The second kappa shape index (κ2) is 7.81. The highest BCUT2D eigenvalue weighted by Crippen LogP contribution is 2.24. The largest absolute Gasteiger partial charge is 0.496 e. The molecule has 1 N–H and O–H groups in total. The van der Waals surface area contributed by atoms with E-state index in [0.29, 0.717) is 12.1 Å². The summed E-state index contributed by atoms with van der Waals surface area (Å²) in [5, 5.41) is 3.70. The molecule has 3 nitrogen and oxygen atoms in total. The highest BCUT2D eigenvalue weighted by molar-refractivity contribution is 5.33. The molecule has 21 heavy (non-hydrogen) atoms. The number of ether oxygens (including phenoxy) is 1. The summed E-state index contributed by atoms with van der Waals surface area (Å²) in [4.78, 5) is 2.64. The van der Waals surface area contributed by atoms with Gasteiger partial charge in [-0.15, -0.1) is 0 Å². The third-order valence-corrected chi connectivity index (χ3v) is 4.42. The van der Waals surface area contributed by atoms with Crippen molar-refractivity contribution in [1.82, 2.24) is 10.2 Å². The predicted molar refractivity (Wildman–Crippen MR) is 88.7 cm³/mol. The van der Waals surface area contributed by atoms with Gasteiger partial charge in [0.1, 0.15) is 5.75 Å². The monoisotopic (exact) mass is 290 g/mol. The minimum Gasteiger partial charge on any atom is -0.496 e. The molecule has 2 unspecified atom stereocenters. The number of piperazine rings is 1. The number of hydrogen-bond donors (Lipinski definition) is 1. The van der Waals surface area contributed by atoms with Gasteiger partial charge in [-0.25, -0.2) is 0 Å². The van der Waals surface area contributed by atoms with Crippen molar-refractivity contribution in [2.24, 2.45) is 5.92 Å². The fourth-order valence-corrected chi connectivity index (χ4v) is 3.22. The maximum absolute atomic E-state index is 5.51. The molecule has 0 spiro atoms. The van der Waals surface area contributed by atoms with Crippen LogP contribution in [0, 0.1) is 5.92 Å². The van der Waals surface area contributed by atoms with E-state index in [1.165, 1.54) is 18.4 Å². The topological polar surface area (TPSA) is 24.5 Å². The Morgan fingerprint density at radius 3 is 2.76 bits per heavy atom. The normalized spacial score (nSPS) is 23.5. The molecule has 118 valence electrons. The number of rotatable bonds is 6. The van der Waals surface area contributed by atoms with E-state index < -0.39 is 0 Å². The van der Waals surface area contributed by atoms with Crippen LogP contribution in [0.5, 0.6) is 5.75 Å². The van der Waals surface area contributed by atoms with Gasteiger partial charge in [-0.3, -0.25) is 4.90 Å². The van der Waals surface area contributed by atoms with E-state index in [-0.39, 0.29) is 0 Å². The van der Waals surface area contributed by atoms with Crippen molar-refractivity contribution in [2.75, 3.05) is 20.2 Å². The Labute approximate surface area is 129 Å². The van der Waals surface area contributed by atoms with E-state index in [9.17, 15) is 0 Å². The first-order chi connectivity index (χ1) is 10.1. The van der Waals surface area contributed by atoms with E-state index >= 15 is 0 Å². The van der Waals surface area contributed by atoms with Gasteiger partial charge in [0.25, 0.3) is 0 Å². The standard InChI is InChI=1S/C18H30N2O/c1-5-16-13-20(17(11-19-16)10-14(2)3)12-15-8-6-7-9-18(15)21-4/h6-9,14,16-17,19H,5,10-13H2,1-4H3. The summed E-state index contributed by atoms with van der Waals surface area (Å²) in [6, 6.07) is 9.64. The van der Waals surface area contributed by atoms with Crippen LogP contribution in [0.25, 0.3) is 0 Å². The fourth-order valence-electron chi connectivity index (χ4n) is 3.22. The van der Waals surface area contributed by atoms with Crippen molar-refractivity contribution in [3.8, 4) is 5.75 Å². The first-order valence-corrected chi connectivity index (χ1v) is 8.23. The van der Waals surface area contributed by atoms with Gasteiger partial charge in [-0.2, -0.15) is 0 Å². The number of nitrogens with zero attached hydrogens (tertiary/aromatic N) is 1. The van der Waals surface area contributed by atoms with Crippen molar-refractivity contribution in [3.63, 3.8) is 0 Å². The van der Waals surface area contributed by atoms with E-state index in [4.69, 9.17) is 4.74 Å². The van der Waals surface area contributed by atoms with Gasteiger partial charge in [0.05, 0.1) is 7.11 Å². The highest BCUT2D eigenvalue weighted by Gasteiger charge is 2.27. The molecular formula is C18H30N2O. The predicted octanol–water partition coefficient (Wildman–Crippen LogP) is 3.29. The van der Waals surface area contributed by atoms with Crippen molar-refractivity contribution in [2.45, 2.75) is 52.2 Å². The Kier molecular flexibility index (Phi) is 6.07. The molecule has 0 aliphatic carbocycles. The Bertz CT molecular complexity index is 433. The van der Waals surface area contributed by atoms with Crippen molar-refractivity contribution in [1.29, 1.82) is 0 Å². The summed E-state index contributed by atoms with van der Waals surface area (Å²) in [7, 11) is 1.76. The lowest BCUT2D eigenvalue weighted by molar-refractivity contribution is 0.104. The number of hydrogen-bond acceptors (Lipinski definition) is 3. The molecular weight excluding hydrogens is 260 g/mol. The lowest BCUT2D eigenvalue weighted by Gasteiger charge is -2.41. The second-order valence-electron chi connectivity index (χ2n) is 6.54. The zero-order valence-electron chi connectivity index (χ0n) is 13.9. The average molecular weight is 290 g/mol. The van der Waals surface area contributed by atoms with Crippen LogP contribution in [0.4, 0.5) is 0 Å². The summed E-state index contributed by atoms with van der Waals surface area (Å²) in [6.07, 6.45) is 2.44. The molecule has 1 fully saturated rings. The Hall–Kier alpha value is -1.06. The van der Waals surface area contributed by atoms with Gasteiger partial charge in [0.2, 0.25) is 0 Å². The lowest BCUT2D eigenvalue weighted by atomic mass is 9.97. The maximum atomic E-state index is 5.51. The molecule has 1 aliphatic heterocycles. The summed E-state index contributed by atoms with van der Waals surface area (Å²) < 4.78 is 5.51. The molecule has 1 aromatic carbocycles. The lowest BCUT2D eigenvalue weighted by Crippen LogP contribution is -2.56. The van der Waals surface area contributed by atoms with Gasteiger partial charge in [-0.1, -0.05) is 39.0 Å². The molecule has 0 aromatic heterocycles. The SMILES string of the molecule is CCC1CN(Cc2ccccc2OC)C(CC(C)C)CN1. The van der Waals surface area contributed by atoms with Crippen LogP contribution in [-0.4, -0.2) is 37.2 Å². The van der Waals surface area contributed by atoms with Crippen molar-refractivity contribution >= 4 is 0 Å². The quantitative estimate of drug-likeness (QED) is 0.870. The zero-order chi connectivity index (χ0) is 15.2. The summed E-state index contributed by atoms with van der Waals surface area (Å²) in [6.45, 7) is 10.1. The number of benzene rings is 1. The van der Waals surface area contributed by atoms with Crippen molar-refractivity contribution in [3.05, 3.63) is 29.8 Å². The third-order valence-electron chi connectivity index (χ3n) is 4.42. The summed E-state index contributed by atoms with van der Waals surface area (Å²) in [5.74, 6) is 1.74. The average Bonchev–Trinajstić information content (AvgIpc) is 2.49. The van der Waals surface area contributed by atoms with E-state index in [1.807, 2.05) is 6.07 Å². The van der Waals surface area contributed by atoms with Crippen LogP contribution in [-0.2, 0) is 6.54 Å².